The summed E-state index contributed by atoms with van der Waals surface area (Å²) < 4.78 is 16.7. The Morgan fingerprint density at radius 2 is 1.08 bits per heavy atom. The molecule has 0 atom stereocenters. The average Bonchev–Trinajstić information content (AvgIpc) is 2.90. The maximum Gasteiger partial charge on any atom is 0.293 e. The summed E-state index contributed by atoms with van der Waals surface area (Å²) in [6.07, 6.45) is 2.50. The molecule has 0 saturated heterocycles. The molecule has 1 N–H and O–H groups in total. The first-order chi connectivity index (χ1) is 17.7. The minimum atomic E-state index is -0.0752. The average molecular weight is 491 g/mol. The number of hydrogen-bond donors (Lipinski definition) is 1. The van der Waals surface area contributed by atoms with Crippen LogP contribution in [0, 0.1) is 0 Å². The van der Waals surface area contributed by atoms with E-state index >= 15 is 0 Å². The lowest BCUT2D eigenvalue weighted by atomic mass is 9.92. The first kappa shape index (κ1) is 28.7. The Bertz CT molecular complexity index is 1200. The van der Waals surface area contributed by atoms with Crippen molar-refractivity contribution in [3.63, 3.8) is 0 Å². The van der Waals surface area contributed by atoms with Gasteiger partial charge in [-0.2, -0.15) is 0 Å². The van der Waals surface area contributed by atoms with Crippen LogP contribution in [0.25, 0.3) is 32.7 Å². The highest BCUT2D eigenvalue weighted by molar-refractivity contribution is 6.09. The number of hydrogen-bond acceptors (Lipinski definition) is 5. The highest BCUT2D eigenvalue weighted by Crippen LogP contribution is 2.45. The van der Waals surface area contributed by atoms with Crippen molar-refractivity contribution < 1.29 is 24.1 Å². The predicted molar refractivity (Wildman–Crippen MR) is 149 cm³/mol. The van der Waals surface area contributed by atoms with Crippen molar-refractivity contribution >= 4 is 28.0 Å². The van der Waals surface area contributed by atoms with Gasteiger partial charge >= 0.3 is 0 Å². The molecule has 0 aromatic heterocycles. The first-order valence-electron chi connectivity index (χ1n) is 12.6. The minimum Gasteiger partial charge on any atom is -0.491 e. The zero-order valence-corrected chi connectivity index (χ0v) is 21.8. The van der Waals surface area contributed by atoms with Crippen molar-refractivity contribution in [1.29, 1.82) is 0 Å². The highest BCUT2D eigenvalue weighted by atomic mass is 16.5. The SMILES string of the molecule is CCC.CCC.O=COCCOc1ccc2ccccc2c1-c1c(OCCO)ccc2ccccc12. The second-order valence-electron chi connectivity index (χ2n) is 8.12. The van der Waals surface area contributed by atoms with Gasteiger partial charge in [0.2, 0.25) is 0 Å². The fourth-order valence-corrected chi connectivity index (χ4v) is 3.66. The number of benzene rings is 4. The number of ether oxygens (including phenoxy) is 3. The molecule has 0 aliphatic carbocycles. The molecular formula is C31H38O5. The van der Waals surface area contributed by atoms with E-state index in [4.69, 9.17) is 14.2 Å². The molecule has 0 saturated carbocycles. The van der Waals surface area contributed by atoms with Gasteiger partial charge in [0.1, 0.15) is 31.3 Å². The van der Waals surface area contributed by atoms with Gasteiger partial charge in [0.25, 0.3) is 6.47 Å². The Balaban J connectivity index is 0.000000693. The lowest BCUT2D eigenvalue weighted by Gasteiger charge is -2.19. The van der Waals surface area contributed by atoms with E-state index in [2.05, 4.69) is 52.0 Å². The van der Waals surface area contributed by atoms with Crippen molar-refractivity contribution in [2.24, 2.45) is 0 Å². The van der Waals surface area contributed by atoms with Crippen LogP contribution in [0.5, 0.6) is 11.5 Å². The van der Waals surface area contributed by atoms with Crippen LogP contribution in [0.2, 0.25) is 0 Å². The van der Waals surface area contributed by atoms with Crippen LogP contribution in [0.15, 0.2) is 72.8 Å². The third kappa shape index (κ3) is 7.72. The molecule has 5 heteroatoms. The molecule has 4 aromatic carbocycles. The zero-order valence-electron chi connectivity index (χ0n) is 21.8. The first-order valence-corrected chi connectivity index (χ1v) is 12.6. The van der Waals surface area contributed by atoms with Crippen molar-refractivity contribution in [3.8, 4) is 22.6 Å². The van der Waals surface area contributed by atoms with Crippen molar-refractivity contribution in [2.75, 3.05) is 26.4 Å². The number of carbonyl (C=O) groups excluding carboxylic acids is 1. The summed E-state index contributed by atoms with van der Waals surface area (Å²) in [4.78, 5) is 10.5. The molecule has 4 aromatic rings. The lowest BCUT2D eigenvalue weighted by Crippen LogP contribution is -2.07. The van der Waals surface area contributed by atoms with Crippen LogP contribution >= 0.6 is 0 Å². The summed E-state index contributed by atoms with van der Waals surface area (Å²) in [6, 6.07) is 24.1. The van der Waals surface area contributed by atoms with Gasteiger partial charge < -0.3 is 19.3 Å². The highest BCUT2D eigenvalue weighted by Gasteiger charge is 2.19. The molecule has 4 rings (SSSR count). The van der Waals surface area contributed by atoms with Gasteiger partial charge in [0.05, 0.1) is 6.61 Å². The van der Waals surface area contributed by atoms with Gasteiger partial charge in [-0.1, -0.05) is 101 Å². The van der Waals surface area contributed by atoms with Crippen molar-refractivity contribution in [3.05, 3.63) is 72.8 Å². The molecule has 0 heterocycles. The van der Waals surface area contributed by atoms with Gasteiger partial charge in [0.15, 0.2) is 0 Å². The van der Waals surface area contributed by atoms with E-state index in [1.807, 2.05) is 48.5 Å². The normalized spacial score (nSPS) is 10.0. The van der Waals surface area contributed by atoms with Crippen LogP contribution < -0.4 is 9.47 Å². The Kier molecular flexibility index (Phi) is 12.9. The minimum absolute atomic E-state index is 0.0752. The summed E-state index contributed by atoms with van der Waals surface area (Å²) in [6.45, 7) is 9.44. The second kappa shape index (κ2) is 16.2. The van der Waals surface area contributed by atoms with Crippen LogP contribution in [0.1, 0.15) is 40.5 Å². The van der Waals surface area contributed by atoms with E-state index in [0.29, 0.717) is 18.0 Å². The van der Waals surface area contributed by atoms with E-state index in [-0.39, 0.29) is 26.4 Å². The molecule has 0 aliphatic rings. The number of rotatable bonds is 9. The molecule has 0 aliphatic heterocycles. The fraction of sp³-hybridized carbons (Fsp3) is 0.323. The number of carbonyl (C=O) groups is 1. The van der Waals surface area contributed by atoms with Crippen molar-refractivity contribution in [2.45, 2.75) is 40.5 Å². The summed E-state index contributed by atoms with van der Waals surface area (Å²) in [5.74, 6) is 1.35. The third-order valence-corrected chi connectivity index (χ3v) is 4.91. The number of aliphatic hydroxyl groups is 1. The van der Waals surface area contributed by atoms with Crippen LogP contribution in [0.3, 0.4) is 0 Å². The van der Waals surface area contributed by atoms with Crippen LogP contribution in [0.4, 0.5) is 0 Å². The van der Waals surface area contributed by atoms with Gasteiger partial charge in [-0.25, -0.2) is 0 Å². The van der Waals surface area contributed by atoms with Crippen molar-refractivity contribution in [1.82, 2.24) is 0 Å². The summed E-state index contributed by atoms with van der Waals surface area (Å²) in [7, 11) is 0. The smallest absolute Gasteiger partial charge is 0.293 e. The molecule has 0 unspecified atom stereocenters. The second-order valence-corrected chi connectivity index (χ2v) is 8.12. The Morgan fingerprint density at radius 1 is 0.639 bits per heavy atom. The van der Waals surface area contributed by atoms with Gasteiger partial charge in [0, 0.05) is 11.1 Å². The Morgan fingerprint density at radius 3 is 1.53 bits per heavy atom. The molecular weight excluding hydrogens is 452 g/mol. The topological polar surface area (TPSA) is 65.0 Å². The quantitative estimate of drug-likeness (QED) is 0.195. The molecule has 36 heavy (non-hydrogen) atoms. The van der Waals surface area contributed by atoms with Gasteiger partial charge in [-0.3, -0.25) is 4.79 Å². The molecule has 0 fully saturated rings. The number of fused-ring (bicyclic) bond motifs is 2. The molecule has 0 radical (unpaired) electrons. The van der Waals surface area contributed by atoms with E-state index in [1.165, 1.54) is 12.8 Å². The molecule has 5 nitrogen and oxygen atoms in total. The van der Waals surface area contributed by atoms with E-state index < -0.39 is 0 Å². The van der Waals surface area contributed by atoms with Gasteiger partial charge in [-0.15, -0.1) is 0 Å². The lowest BCUT2D eigenvalue weighted by molar-refractivity contribution is -0.129. The standard InChI is InChI=1S/C25H22O5.2C3H8/c26-13-14-29-22-11-9-18-5-1-3-7-20(18)24(22)25-21-8-4-2-6-19(21)10-12-23(25)30-16-15-28-17-27;2*1-3-2/h1-12,17,26H,13-16H2;2*3H2,1-2H3. The molecule has 0 amide bonds. The Labute approximate surface area is 214 Å². The monoisotopic (exact) mass is 490 g/mol. The van der Waals surface area contributed by atoms with Crippen LogP contribution in [-0.4, -0.2) is 38.0 Å². The van der Waals surface area contributed by atoms with Crippen LogP contribution in [-0.2, 0) is 9.53 Å². The molecule has 0 bridgehead atoms. The maximum absolute atomic E-state index is 10.5. The predicted octanol–water partition coefficient (Wildman–Crippen LogP) is 7.42. The Hall–Kier alpha value is -3.57. The van der Waals surface area contributed by atoms with E-state index in [9.17, 15) is 9.90 Å². The van der Waals surface area contributed by atoms with Gasteiger partial charge in [-0.05, 0) is 33.7 Å². The fourth-order valence-electron chi connectivity index (χ4n) is 3.66. The summed E-state index contributed by atoms with van der Waals surface area (Å²) in [5, 5.41) is 13.5. The number of aliphatic hydroxyl groups excluding tert-OH is 1. The third-order valence-electron chi connectivity index (χ3n) is 4.91. The molecule has 0 spiro atoms. The largest absolute Gasteiger partial charge is 0.491 e. The maximum atomic E-state index is 10.5. The van der Waals surface area contributed by atoms with E-state index in [1.54, 1.807) is 0 Å². The molecule has 192 valence electrons. The summed E-state index contributed by atoms with van der Waals surface area (Å²) in [5.41, 5.74) is 1.81. The summed E-state index contributed by atoms with van der Waals surface area (Å²) >= 11 is 0. The van der Waals surface area contributed by atoms with E-state index in [0.717, 1.165) is 32.7 Å². The zero-order chi connectivity index (χ0) is 26.2.